The molecule has 0 unspecified atom stereocenters. The van der Waals surface area contributed by atoms with E-state index >= 15 is 0 Å². The van der Waals surface area contributed by atoms with Gasteiger partial charge in [0.1, 0.15) is 23.4 Å². The van der Waals surface area contributed by atoms with E-state index in [0.29, 0.717) is 17.2 Å². The van der Waals surface area contributed by atoms with Crippen molar-refractivity contribution in [1.29, 1.82) is 5.26 Å². The summed E-state index contributed by atoms with van der Waals surface area (Å²) in [7, 11) is 0. The molecule has 1 aromatic heterocycles. The topological polar surface area (TPSA) is 48.7 Å². The molecule has 0 aliphatic rings. The molecule has 0 bridgehead atoms. The summed E-state index contributed by atoms with van der Waals surface area (Å²) in [4.78, 5) is 4.04. The van der Waals surface area contributed by atoms with E-state index in [1.165, 1.54) is 12.1 Å². The highest BCUT2D eigenvalue weighted by molar-refractivity contribution is 9.10. The molecule has 0 aliphatic carbocycles. The zero-order valence-corrected chi connectivity index (χ0v) is 10.2. The number of nitrogens with one attached hydrogen (secondary N) is 1. The van der Waals surface area contributed by atoms with Crippen LogP contribution in [0.3, 0.4) is 0 Å². The Kier molecular flexibility index (Phi) is 3.35. The monoisotopic (exact) mass is 291 g/mol. The molecule has 5 heteroatoms. The summed E-state index contributed by atoms with van der Waals surface area (Å²) >= 11 is 3.30. The van der Waals surface area contributed by atoms with Crippen LogP contribution in [0.25, 0.3) is 0 Å². The van der Waals surface area contributed by atoms with Gasteiger partial charge in [0.2, 0.25) is 0 Å². The van der Waals surface area contributed by atoms with E-state index in [2.05, 4.69) is 26.2 Å². The molecule has 0 spiro atoms. The number of pyridine rings is 1. The fourth-order valence-corrected chi connectivity index (χ4v) is 1.64. The molecule has 2 aromatic rings. The smallest absolute Gasteiger partial charge is 0.142 e. The minimum absolute atomic E-state index is 0.308. The number of nitrogens with zero attached hydrogens (tertiary/aromatic N) is 2. The quantitative estimate of drug-likeness (QED) is 0.920. The number of hydrogen-bond acceptors (Lipinski definition) is 3. The first-order chi connectivity index (χ1) is 8.19. The van der Waals surface area contributed by atoms with Crippen molar-refractivity contribution >= 4 is 27.4 Å². The number of benzene rings is 1. The van der Waals surface area contributed by atoms with Gasteiger partial charge >= 0.3 is 0 Å². The predicted octanol–water partition coefficient (Wildman–Crippen LogP) is 3.60. The molecule has 3 nitrogen and oxygen atoms in total. The van der Waals surface area contributed by atoms with Gasteiger partial charge in [0, 0.05) is 4.47 Å². The van der Waals surface area contributed by atoms with E-state index in [1.54, 1.807) is 24.3 Å². The third-order valence-electron chi connectivity index (χ3n) is 2.05. The molecule has 0 saturated heterocycles. The standard InChI is InChI=1S/C12H7BrFN3/c13-10-5-4-8(14)6-11(10)17-12-3-1-2-9(7-15)16-12/h1-6H,(H,16,17). The SMILES string of the molecule is N#Cc1cccc(Nc2cc(F)ccc2Br)n1. The maximum atomic E-state index is 13.1. The Balaban J connectivity index is 2.31. The summed E-state index contributed by atoms with van der Waals surface area (Å²) in [6.07, 6.45) is 0. The van der Waals surface area contributed by atoms with Crippen LogP contribution in [-0.4, -0.2) is 4.98 Å². The molecule has 0 radical (unpaired) electrons. The highest BCUT2D eigenvalue weighted by Gasteiger charge is 2.03. The van der Waals surface area contributed by atoms with Crippen molar-refractivity contribution in [3.05, 3.63) is 52.4 Å². The first-order valence-corrected chi connectivity index (χ1v) is 5.57. The van der Waals surface area contributed by atoms with Crippen LogP contribution in [0.15, 0.2) is 40.9 Å². The van der Waals surface area contributed by atoms with Crippen LogP contribution in [-0.2, 0) is 0 Å². The molecule has 0 atom stereocenters. The molecule has 84 valence electrons. The van der Waals surface area contributed by atoms with Crippen LogP contribution >= 0.6 is 15.9 Å². The number of halogens is 2. The summed E-state index contributed by atoms with van der Waals surface area (Å²) in [5.41, 5.74) is 0.870. The first kappa shape index (κ1) is 11.6. The van der Waals surface area contributed by atoms with Crippen molar-refractivity contribution in [1.82, 2.24) is 4.98 Å². The number of aromatic nitrogens is 1. The van der Waals surface area contributed by atoms with Crippen molar-refractivity contribution in [2.24, 2.45) is 0 Å². The first-order valence-electron chi connectivity index (χ1n) is 4.78. The summed E-state index contributed by atoms with van der Waals surface area (Å²) in [5, 5.41) is 11.7. The lowest BCUT2D eigenvalue weighted by Crippen LogP contribution is -1.96. The number of nitriles is 1. The van der Waals surface area contributed by atoms with Gasteiger partial charge in [0.25, 0.3) is 0 Å². The fourth-order valence-electron chi connectivity index (χ4n) is 1.30. The normalized spacial score (nSPS) is 9.71. The van der Waals surface area contributed by atoms with E-state index in [0.717, 1.165) is 4.47 Å². The lowest BCUT2D eigenvalue weighted by atomic mass is 10.3. The summed E-state index contributed by atoms with van der Waals surface area (Å²) in [5.74, 6) is 0.155. The molecule has 1 N–H and O–H groups in total. The third-order valence-corrected chi connectivity index (χ3v) is 2.75. The molecule has 0 aliphatic heterocycles. The zero-order valence-electron chi connectivity index (χ0n) is 8.61. The Morgan fingerprint density at radius 3 is 2.88 bits per heavy atom. The average molecular weight is 292 g/mol. The van der Waals surface area contributed by atoms with Crippen LogP contribution in [0.2, 0.25) is 0 Å². The number of rotatable bonds is 2. The van der Waals surface area contributed by atoms with E-state index in [-0.39, 0.29) is 5.82 Å². The van der Waals surface area contributed by atoms with Crippen molar-refractivity contribution < 1.29 is 4.39 Å². The average Bonchev–Trinajstić information content (AvgIpc) is 2.34. The number of anilines is 2. The molecule has 0 amide bonds. The van der Waals surface area contributed by atoms with E-state index in [1.807, 2.05) is 6.07 Å². The summed E-state index contributed by atoms with van der Waals surface area (Å²) < 4.78 is 13.8. The van der Waals surface area contributed by atoms with E-state index in [4.69, 9.17) is 5.26 Å². The van der Waals surface area contributed by atoms with Crippen LogP contribution in [0.5, 0.6) is 0 Å². The van der Waals surface area contributed by atoms with Gasteiger partial charge in [-0.2, -0.15) is 5.26 Å². The zero-order chi connectivity index (χ0) is 12.3. The van der Waals surface area contributed by atoms with Crippen molar-refractivity contribution in [2.45, 2.75) is 0 Å². The molecule has 1 heterocycles. The van der Waals surface area contributed by atoms with Gasteiger partial charge in [-0.1, -0.05) is 6.07 Å². The second-order valence-corrected chi connectivity index (χ2v) is 4.12. The van der Waals surface area contributed by atoms with Gasteiger partial charge in [-0.25, -0.2) is 9.37 Å². The Labute approximate surface area is 106 Å². The Morgan fingerprint density at radius 1 is 1.29 bits per heavy atom. The Hall–Kier alpha value is -1.93. The van der Waals surface area contributed by atoms with Crippen LogP contribution < -0.4 is 5.32 Å². The molecule has 2 rings (SSSR count). The maximum Gasteiger partial charge on any atom is 0.142 e. The lowest BCUT2D eigenvalue weighted by molar-refractivity contribution is 0.628. The summed E-state index contributed by atoms with van der Waals surface area (Å²) in [6, 6.07) is 11.3. The molecule has 0 fully saturated rings. The second kappa shape index (κ2) is 4.93. The molecular formula is C12H7BrFN3. The molecule has 17 heavy (non-hydrogen) atoms. The highest BCUT2D eigenvalue weighted by atomic mass is 79.9. The van der Waals surface area contributed by atoms with Gasteiger partial charge in [0.15, 0.2) is 0 Å². The third kappa shape index (κ3) is 2.80. The van der Waals surface area contributed by atoms with Gasteiger partial charge in [-0.15, -0.1) is 0 Å². The van der Waals surface area contributed by atoms with Crippen molar-refractivity contribution in [2.75, 3.05) is 5.32 Å². The second-order valence-electron chi connectivity index (χ2n) is 3.27. The molecular weight excluding hydrogens is 285 g/mol. The molecule has 1 aromatic carbocycles. The minimum Gasteiger partial charge on any atom is -0.339 e. The maximum absolute atomic E-state index is 13.1. The largest absolute Gasteiger partial charge is 0.339 e. The van der Waals surface area contributed by atoms with E-state index < -0.39 is 0 Å². The Morgan fingerprint density at radius 2 is 2.12 bits per heavy atom. The number of hydrogen-bond donors (Lipinski definition) is 1. The van der Waals surface area contributed by atoms with Crippen LogP contribution in [0.1, 0.15) is 5.69 Å². The van der Waals surface area contributed by atoms with E-state index in [9.17, 15) is 4.39 Å². The summed E-state index contributed by atoms with van der Waals surface area (Å²) in [6.45, 7) is 0. The Bertz CT molecular complexity index is 593. The van der Waals surface area contributed by atoms with Gasteiger partial charge in [-0.3, -0.25) is 0 Å². The predicted molar refractivity (Wildman–Crippen MR) is 66.3 cm³/mol. The van der Waals surface area contributed by atoms with Crippen molar-refractivity contribution in [3.63, 3.8) is 0 Å². The van der Waals surface area contributed by atoms with Crippen LogP contribution in [0, 0.1) is 17.1 Å². The van der Waals surface area contributed by atoms with Gasteiger partial charge in [-0.05, 0) is 46.3 Å². The minimum atomic E-state index is -0.341. The van der Waals surface area contributed by atoms with Gasteiger partial charge < -0.3 is 5.32 Å². The fraction of sp³-hybridized carbons (Fsp3) is 0. The van der Waals surface area contributed by atoms with Gasteiger partial charge in [0.05, 0.1) is 5.69 Å². The molecule has 0 saturated carbocycles. The van der Waals surface area contributed by atoms with Crippen LogP contribution in [0.4, 0.5) is 15.9 Å². The highest BCUT2D eigenvalue weighted by Crippen LogP contribution is 2.25. The lowest BCUT2D eigenvalue weighted by Gasteiger charge is -2.07. The van der Waals surface area contributed by atoms with Crippen molar-refractivity contribution in [3.8, 4) is 6.07 Å².